The number of ether oxygens (including phenoxy) is 1. The number of carboxylic acid groups (broad SMARTS) is 1. The van der Waals surface area contributed by atoms with E-state index in [1.54, 1.807) is 6.92 Å². The molecular formula is C12H14BrNO6S. The van der Waals surface area contributed by atoms with E-state index in [2.05, 4.69) is 25.4 Å². The molecule has 0 aliphatic carbocycles. The molecule has 0 radical (unpaired) electrons. The van der Waals surface area contributed by atoms with Crippen molar-refractivity contribution in [2.75, 3.05) is 13.2 Å². The first-order valence-corrected chi connectivity index (χ1v) is 8.23. The number of carboxylic acids is 1. The molecule has 0 atom stereocenters. The second-order valence-corrected chi connectivity index (χ2v) is 6.52. The number of carbonyl (C=O) groups excluding carboxylic acids is 1. The van der Waals surface area contributed by atoms with E-state index >= 15 is 0 Å². The Morgan fingerprint density at radius 2 is 2.05 bits per heavy atom. The molecule has 1 aromatic carbocycles. The third-order valence-corrected chi connectivity index (χ3v) is 4.56. The number of carbonyl (C=O) groups is 2. The van der Waals surface area contributed by atoms with Crippen molar-refractivity contribution in [2.24, 2.45) is 0 Å². The second kappa shape index (κ2) is 7.53. The first kappa shape index (κ1) is 17.6. The molecule has 21 heavy (non-hydrogen) atoms. The van der Waals surface area contributed by atoms with Crippen LogP contribution in [0.2, 0.25) is 0 Å². The molecule has 1 aromatic rings. The van der Waals surface area contributed by atoms with Crippen molar-refractivity contribution < 1.29 is 27.9 Å². The van der Waals surface area contributed by atoms with Crippen molar-refractivity contribution in [3.05, 3.63) is 28.2 Å². The SMILES string of the molecule is CCOC(=O)CCNS(=O)(=O)c1ccc(Br)c(C(=O)O)c1. The fraction of sp³-hybridized carbons (Fsp3) is 0.333. The van der Waals surface area contributed by atoms with Crippen LogP contribution in [-0.4, -0.2) is 38.6 Å². The molecule has 0 bridgehead atoms. The van der Waals surface area contributed by atoms with E-state index in [0.717, 1.165) is 6.07 Å². The molecule has 0 aromatic heterocycles. The van der Waals surface area contributed by atoms with Crippen molar-refractivity contribution in [3.8, 4) is 0 Å². The smallest absolute Gasteiger partial charge is 0.336 e. The molecule has 0 saturated heterocycles. The Morgan fingerprint density at radius 3 is 2.62 bits per heavy atom. The van der Waals surface area contributed by atoms with Crippen molar-refractivity contribution in [3.63, 3.8) is 0 Å². The Hall–Kier alpha value is -1.45. The zero-order valence-corrected chi connectivity index (χ0v) is 13.5. The van der Waals surface area contributed by atoms with Gasteiger partial charge in [0, 0.05) is 11.0 Å². The van der Waals surface area contributed by atoms with Gasteiger partial charge >= 0.3 is 11.9 Å². The van der Waals surface area contributed by atoms with E-state index in [-0.39, 0.29) is 34.5 Å². The first-order valence-electron chi connectivity index (χ1n) is 5.96. The predicted octanol–water partition coefficient (Wildman–Crippen LogP) is 1.38. The summed E-state index contributed by atoms with van der Waals surface area (Å²) in [7, 11) is -3.89. The molecule has 0 spiro atoms. The van der Waals surface area contributed by atoms with E-state index in [1.165, 1.54) is 12.1 Å². The summed E-state index contributed by atoms with van der Waals surface area (Å²) < 4.78 is 31.1. The summed E-state index contributed by atoms with van der Waals surface area (Å²) in [5, 5.41) is 8.96. The zero-order valence-electron chi connectivity index (χ0n) is 11.1. The topological polar surface area (TPSA) is 110 Å². The van der Waals surface area contributed by atoms with E-state index in [4.69, 9.17) is 5.11 Å². The zero-order chi connectivity index (χ0) is 16.0. The number of sulfonamides is 1. The maximum atomic E-state index is 12.0. The summed E-state index contributed by atoms with van der Waals surface area (Å²) in [6.45, 7) is 1.75. The molecule has 116 valence electrons. The molecule has 7 nitrogen and oxygen atoms in total. The molecule has 0 fully saturated rings. The summed E-state index contributed by atoms with van der Waals surface area (Å²) in [6.07, 6.45) is -0.102. The normalized spacial score (nSPS) is 11.1. The summed E-state index contributed by atoms with van der Waals surface area (Å²) in [5.41, 5.74) is -0.164. The summed E-state index contributed by atoms with van der Waals surface area (Å²) in [4.78, 5) is 21.9. The quantitative estimate of drug-likeness (QED) is 0.692. The van der Waals surface area contributed by atoms with Crippen molar-refractivity contribution >= 4 is 37.9 Å². The average molecular weight is 380 g/mol. The van der Waals surface area contributed by atoms with Gasteiger partial charge in [-0.1, -0.05) is 0 Å². The van der Waals surface area contributed by atoms with Gasteiger partial charge in [-0.25, -0.2) is 17.9 Å². The molecule has 0 aliphatic heterocycles. The minimum atomic E-state index is -3.89. The number of nitrogens with one attached hydrogen (secondary N) is 1. The molecule has 0 amide bonds. The Morgan fingerprint density at radius 1 is 1.38 bits per heavy atom. The van der Waals surface area contributed by atoms with Gasteiger partial charge in [0.1, 0.15) is 0 Å². The van der Waals surface area contributed by atoms with Crippen LogP contribution in [0.5, 0.6) is 0 Å². The highest BCUT2D eigenvalue weighted by atomic mass is 79.9. The Bertz CT molecular complexity index is 643. The Labute approximate surface area is 130 Å². The molecule has 0 aliphatic rings. The van der Waals surface area contributed by atoms with Crippen molar-refractivity contribution in [1.82, 2.24) is 4.72 Å². The van der Waals surface area contributed by atoms with Gasteiger partial charge in [0.05, 0.1) is 23.5 Å². The van der Waals surface area contributed by atoms with Gasteiger partial charge in [0.25, 0.3) is 0 Å². The van der Waals surface area contributed by atoms with Gasteiger partial charge in [0.15, 0.2) is 0 Å². The first-order chi connectivity index (χ1) is 9.77. The lowest BCUT2D eigenvalue weighted by molar-refractivity contribution is -0.142. The van der Waals surface area contributed by atoms with Crippen LogP contribution in [0.4, 0.5) is 0 Å². The maximum absolute atomic E-state index is 12.0. The number of halogens is 1. The predicted molar refractivity (Wildman–Crippen MR) is 77.5 cm³/mol. The second-order valence-electron chi connectivity index (χ2n) is 3.90. The van der Waals surface area contributed by atoms with Gasteiger partial charge in [-0.15, -0.1) is 0 Å². The van der Waals surface area contributed by atoms with E-state index in [0.29, 0.717) is 0 Å². The minimum absolute atomic E-state index is 0.102. The largest absolute Gasteiger partial charge is 0.478 e. The highest BCUT2D eigenvalue weighted by Gasteiger charge is 2.18. The lowest BCUT2D eigenvalue weighted by Gasteiger charge is -2.08. The molecular weight excluding hydrogens is 366 g/mol. The van der Waals surface area contributed by atoms with Crippen molar-refractivity contribution in [1.29, 1.82) is 0 Å². The van der Waals surface area contributed by atoms with Crippen LogP contribution in [0, 0.1) is 0 Å². The third kappa shape index (κ3) is 5.10. The standard InChI is InChI=1S/C12H14BrNO6S/c1-2-20-11(15)5-6-14-21(18,19)8-3-4-10(13)9(7-8)12(16)17/h3-4,7,14H,2,5-6H2,1H3,(H,16,17). The van der Waals surface area contributed by atoms with E-state index < -0.39 is 22.0 Å². The van der Waals surface area contributed by atoms with Crippen LogP contribution in [0.1, 0.15) is 23.7 Å². The Balaban J connectivity index is 2.81. The van der Waals surface area contributed by atoms with Gasteiger partial charge in [-0.05, 0) is 41.1 Å². The maximum Gasteiger partial charge on any atom is 0.336 e. The van der Waals surface area contributed by atoms with Crippen LogP contribution in [0.25, 0.3) is 0 Å². The van der Waals surface area contributed by atoms with Gasteiger partial charge < -0.3 is 9.84 Å². The summed E-state index contributed by atoms with van der Waals surface area (Å²) in [6, 6.07) is 3.64. The van der Waals surface area contributed by atoms with Crippen molar-refractivity contribution in [2.45, 2.75) is 18.2 Å². The summed E-state index contributed by atoms with van der Waals surface area (Å²) >= 11 is 3.03. The van der Waals surface area contributed by atoms with Crippen LogP contribution >= 0.6 is 15.9 Å². The number of benzene rings is 1. The number of esters is 1. The number of hydrogen-bond acceptors (Lipinski definition) is 5. The van der Waals surface area contributed by atoms with Crippen LogP contribution in [0.3, 0.4) is 0 Å². The molecule has 0 heterocycles. The number of aromatic carboxylic acids is 1. The van der Waals surface area contributed by atoms with Crippen LogP contribution < -0.4 is 4.72 Å². The van der Waals surface area contributed by atoms with Gasteiger partial charge in [-0.3, -0.25) is 4.79 Å². The van der Waals surface area contributed by atoms with E-state index in [1.807, 2.05) is 0 Å². The van der Waals surface area contributed by atoms with Crippen LogP contribution in [-0.2, 0) is 19.6 Å². The summed E-state index contributed by atoms with van der Waals surface area (Å²) in [5.74, 6) is -1.76. The van der Waals surface area contributed by atoms with Gasteiger partial charge in [0.2, 0.25) is 10.0 Å². The molecule has 2 N–H and O–H groups in total. The molecule has 9 heteroatoms. The molecule has 0 unspecified atom stereocenters. The van der Waals surface area contributed by atoms with Crippen LogP contribution in [0.15, 0.2) is 27.6 Å². The highest BCUT2D eigenvalue weighted by Crippen LogP contribution is 2.21. The Kier molecular flexibility index (Phi) is 6.31. The highest BCUT2D eigenvalue weighted by molar-refractivity contribution is 9.10. The molecule has 1 rings (SSSR count). The monoisotopic (exact) mass is 379 g/mol. The average Bonchev–Trinajstić information content (AvgIpc) is 2.38. The fourth-order valence-electron chi connectivity index (χ4n) is 1.44. The van der Waals surface area contributed by atoms with E-state index in [9.17, 15) is 18.0 Å². The number of hydrogen-bond donors (Lipinski definition) is 2. The fourth-order valence-corrected chi connectivity index (χ4v) is 2.91. The third-order valence-electron chi connectivity index (χ3n) is 2.41. The van der Waals surface area contributed by atoms with Gasteiger partial charge in [-0.2, -0.15) is 0 Å². The minimum Gasteiger partial charge on any atom is -0.478 e. The lowest BCUT2D eigenvalue weighted by Crippen LogP contribution is -2.27. The number of rotatable bonds is 7. The lowest BCUT2D eigenvalue weighted by atomic mass is 10.2. The molecule has 0 saturated carbocycles.